The van der Waals surface area contributed by atoms with Gasteiger partial charge in [0.05, 0.1) is 17.1 Å². The van der Waals surface area contributed by atoms with Crippen LogP contribution in [0, 0.1) is 6.92 Å². The first-order chi connectivity index (χ1) is 19.1. The van der Waals surface area contributed by atoms with Gasteiger partial charge in [0, 0.05) is 26.8 Å². The third-order valence-corrected chi connectivity index (χ3v) is 8.30. The van der Waals surface area contributed by atoms with Crippen molar-refractivity contribution in [3.8, 4) is 11.5 Å². The second-order valence-electron chi connectivity index (χ2n) is 10.3. The molecule has 0 bridgehead atoms. The Morgan fingerprint density at radius 2 is 1.49 bits per heavy atom. The van der Waals surface area contributed by atoms with Crippen molar-refractivity contribution < 1.29 is 4.57 Å². The Balaban J connectivity index is 1.32. The second-order valence-corrected chi connectivity index (χ2v) is 11.4. The van der Waals surface area contributed by atoms with Gasteiger partial charge in [0.25, 0.3) is 0 Å². The number of hydrogen-bond donors (Lipinski definition) is 0. The minimum Gasteiger partial charge on any atom is -0.294 e. The number of pyridine rings is 1. The smallest absolute Gasteiger partial charge is 0.250 e. The van der Waals surface area contributed by atoms with Crippen molar-refractivity contribution >= 4 is 44.6 Å². The highest BCUT2D eigenvalue weighted by atomic mass is 32.2. The van der Waals surface area contributed by atoms with Crippen LogP contribution in [-0.2, 0) is 0 Å². The third kappa shape index (κ3) is 4.10. The van der Waals surface area contributed by atoms with E-state index in [1.165, 1.54) is 48.2 Å². The van der Waals surface area contributed by atoms with E-state index in [1.807, 2.05) is 12.3 Å². The standard InChI is InChI=1S/C34H29N4S/c1-23(2)36-22-37(32-14-7-6-13-31(32)36)25-9-8-10-26(20-25)39-27-15-16-29-28-11-4-5-12-30(28)38(33(29)21-27)34-19-24(3)17-18-35-34/h4-23H,1-3H3/q+1. The van der Waals surface area contributed by atoms with Crippen LogP contribution in [0.4, 0.5) is 0 Å². The number of imidazole rings is 1. The summed E-state index contributed by atoms with van der Waals surface area (Å²) in [6.45, 7) is 6.57. The number of benzene rings is 4. The molecular weight excluding hydrogens is 496 g/mol. The molecule has 3 heterocycles. The Morgan fingerprint density at radius 1 is 0.718 bits per heavy atom. The van der Waals surface area contributed by atoms with Crippen molar-refractivity contribution in [3.05, 3.63) is 121 Å². The van der Waals surface area contributed by atoms with E-state index in [4.69, 9.17) is 4.98 Å². The van der Waals surface area contributed by atoms with Gasteiger partial charge in [-0.1, -0.05) is 54.2 Å². The van der Waals surface area contributed by atoms with Gasteiger partial charge in [-0.15, -0.1) is 0 Å². The lowest BCUT2D eigenvalue weighted by molar-refractivity contribution is -0.691. The second kappa shape index (κ2) is 9.44. The normalized spacial score (nSPS) is 11.8. The number of hydrogen-bond acceptors (Lipinski definition) is 2. The van der Waals surface area contributed by atoms with Gasteiger partial charge in [0.15, 0.2) is 11.0 Å². The van der Waals surface area contributed by atoms with Gasteiger partial charge >= 0.3 is 0 Å². The quantitative estimate of drug-likeness (QED) is 0.211. The molecule has 0 aliphatic rings. The Labute approximate surface area is 232 Å². The van der Waals surface area contributed by atoms with Gasteiger partial charge in [-0.05, 0) is 87.0 Å². The van der Waals surface area contributed by atoms with Crippen LogP contribution in [0.15, 0.2) is 125 Å². The van der Waals surface area contributed by atoms with Crippen LogP contribution in [0.3, 0.4) is 0 Å². The Bertz CT molecular complexity index is 2000. The van der Waals surface area contributed by atoms with Crippen LogP contribution in [0.25, 0.3) is 44.3 Å². The van der Waals surface area contributed by atoms with Crippen LogP contribution in [-0.4, -0.2) is 14.1 Å². The third-order valence-electron chi connectivity index (χ3n) is 7.32. The number of para-hydroxylation sites is 3. The summed E-state index contributed by atoms with van der Waals surface area (Å²) < 4.78 is 6.92. The Kier molecular flexibility index (Phi) is 5.75. The highest BCUT2D eigenvalue weighted by Gasteiger charge is 2.19. The van der Waals surface area contributed by atoms with Crippen molar-refractivity contribution in [2.75, 3.05) is 0 Å². The zero-order valence-electron chi connectivity index (χ0n) is 22.2. The van der Waals surface area contributed by atoms with Crippen molar-refractivity contribution in [2.24, 2.45) is 0 Å². The van der Waals surface area contributed by atoms with Crippen LogP contribution >= 0.6 is 11.8 Å². The lowest BCUT2D eigenvalue weighted by Crippen LogP contribution is -2.34. The predicted octanol–water partition coefficient (Wildman–Crippen LogP) is 8.45. The molecule has 0 amide bonds. The molecular formula is C34H29N4S+. The molecule has 190 valence electrons. The van der Waals surface area contributed by atoms with Gasteiger partial charge in [-0.2, -0.15) is 4.57 Å². The summed E-state index contributed by atoms with van der Waals surface area (Å²) in [6, 6.07) is 37.4. The molecule has 3 aromatic heterocycles. The average Bonchev–Trinajstić information content (AvgIpc) is 3.50. The molecule has 0 aliphatic carbocycles. The van der Waals surface area contributed by atoms with Crippen LogP contribution in [0.1, 0.15) is 25.5 Å². The number of aryl methyl sites for hydroxylation is 1. The van der Waals surface area contributed by atoms with E-state index < -0.39 is 0 Å². The highest BCUT2D eigenvalue weighted by Crippen LogP contribution is 2.36. The molecule has 7 rings (SSSR count). The summed E-state index contributed by atoms with van der Waals surface area (Å²) in [4.78, 5) is 7.14. The first-order valence-corrected chi connectivity index (χ1v) is 14.1. The first-order valence-electron chi connectivity index (χ1n) is 13.3. The lowest BCUT2D eigenvalue weighted by Gasteiger charge is -2.09. The maximum absolute atomic E-state index is 4.73. The molecule has 0 N–H and O–H groups in total. The molecule has 0 spiro atoms. The van der Waals surface area contributed by atoms with Crippen molar-refractivity contribution in [2.45, 2.75) is 36.6 Å². The van der Waals surface area contributed by atoms with E-state index in [1.54, 1.807) is 11.8 Å². The first kappa shape index (κ1) is 23.7. The maximum Gasteiger partial charge on any atom is 0.250 e. The summed E-state index contributed by atoms with van der Waals surface area (Å²) in [5.41, 5.74) is 7.16. The fraction of sp³-hybridized carbons (Fsp3) is 0.118. The maximum atomic E-state index is 4.73. The number of nitrogens with zero attached hydrogens (tertiary/aromatic N) is 4. The van der Waals surface area contributed by atoms with Gasteiger partial charge < -0.3 is 0 Å². The Hall–Kier alpha value is -4.35. The van der Waals surface area contributed by atoms with E-state index >= 15 is 0 Å². The molecule has 0 saturated heterocycles. The zero-order valence-corrected chi connectivity index (χ0v) is 23.1. The molecule has 39 heavy (non-hydrogen) atoms. The average molecular weight is 526 g/mol. The molecule has 0 radical (unpaired) electrons. The molecule has 0 aliphatic heterocycles. The fourth-order valence-corrected chi connectivity index (χ4v) is 6.39. The van der Waals surface area contributed by atoms with E-state index in [2.05, 4.69) is 138 Å². The van der Waals surface area contributed by atoms with Gasteiger partial charge in [-0.3, -0.25) is 4.57 Å². The van der Waals surface area contributed by atoms with Crippen molar-refractivity contribution in [1.82, 2.24) is 14.1 Å². The molecule has 0 unspecified atom stereocenters. The minimum atomic E-state index is 0.384. The zero-order chi connectivity index (χ0) is 26.5. The van der Waals surface area contributed by atoms with Crippen molar-refractivity contribution in [1.29, 1.82) is 0 Å². The topological polar surface area (TPSA) is 26.6 Å². The van der Waals surface area contributed by atoms with E-state index in [-0.39, 0.29) is 0 Å². The molecule has 4 nitrogen and oxygen atoms in total. The van der Waals surface area contributed by atoms with Gasteiger partial charge in [0.1, 0.15) is 11.5 Å². The Morgan fingerprint density at radius 3 is 2.33 bits per heavy atom. The SMILES string of the molecule is Cc1ccnc(-n2c3ccccc3c3ccc(Sc4cccc(-n5c[n+](C(C)C)c6ccccc65)c4)cc32)c1. The summed E-state index contributed by atoms with van der Waals surface area (Å²) in [7, 11) is 0. The van der Waals surface area contributed by atoms with E-state index in [9.17, 15) is 0 Å². The summed E-state index contributed by atoms with van der Waals surface area (Å²) >= 11 is 1.79. The van der Waals surface area contributed by atoms with E-state index in [0.717, 1.165) is 11.5 Å². The van der Waals surface area contributed by atoms with Crippen LogP contribution in [0.5, 0.6) is 0 Å². The number of aromatic nitrogens is 4. The molecule has 0 fully saturated rings. The highest BCUT2D eigenvalue weighted by molar-refractivity contribution is 7.99. The van der Waals surface area contributed by atoms with Crippen molar-refractivity contribution in [3.63, 3.8) is 0 Å². The minimum absolute atomic E-state index is 0.384. The van der Waals surface area contributed by atoms with Crippen LogP contribution < -0.4 is 4.57 Å². The molecule has 0 atom stereocenters. The predicted molar refractivity (Wildman–Crippen MR) is 161 cm³/mol. The van der Waals surface area contributed by atoms with Gasteiger partial charge in [-0.25, -0.2) is 9.55 Å². The van der Waals surface area contributed by atoms with Crippen LogP contribution in [0.2, 0.25) is 0 Å². The molecule has 0 saturated carbocycles. The van der Waals surface area contributed by atoms with E-state index in [0.29, 0.717) is 6.04 Å². The summed E-state index contributed by atoms with van der Waals surface area (Å²) in [5, 5.41) is 2.48. The fourth-order valence-electron chi connectivity index (χ4n) is 5.49. The largest absolute Gasteiger partial charge is 0.294 e. The lowest BCUT2D eigenvalue weighted by atomic mass is 10.2. The summed E-state index contributed by atoms with van der Waals surface area (Å²) in [6.07, 6.45) is 4.11. The number of fused-ring (bicyclic) bond motifs is 4. The molecule has 4 aromatic carbocycles. The van der Waals surface area contributed by atoms with Gasteiger partial charge in [0.2, 0.25) is 6.33 Å². The molecule has 7 aromatic rings. The number of rotatable bonds is 5. The molecule has 5 heteroatoms. The monoisotopic (exact) mass is 525 g/mol. The summed E-state index contributed by atoms with van der Waals surface area (Å²) in [5.74, 6) is 0.947.